The Morgan fingerprint density at radius 3 is 2.73 bits per heavy atom. The maximum Gasteiger partial charge on any atom is 0.319 e. The third-order valence-corrected chi connectivity index (χ3v) is 4.06. The fraction of sp³-hybridized carbons (Fsp3) is 0.312. The van der Waals surface area contributed by atoms with Crippen LogP contribution in [0.1, 0.15) is 11.6 Å². The third kappa shape index (κ3) is 4.22. The second kappa shape index (κ2) is 7.82. The summed E-state index contributed by atoms with van der Waals surface area (Å²) in [6.45, 7) is 0.532. The largest absolute Gasteiger partial charge is 0.495 e. The van der Waals surface area contributed by atoms with Gasteiger partial charge in [-0.15, -0.1) is 0 Å². The third-order valence-electron chi connectivity index (χ3n) is 3.36. The van der Waals surface area contributed by atoms with Gasteiger partial charge >= 0.3 is 6.03 Å². The van der Waals surface area contributed by atoms with Crippen LogP contribution in [0.25, 0.3) is 0 Å². The van der Waals surface area contributed by atoms with Crippen molar-refractivity contribution in [2.45, 2.75) is 6.04 Å². The van der Waals surface area contributed by atoms with E-state index in [1.54, 1.807) is 24.5 Å². The molecule has 0 saturated carbocycles. The zero-order chi connectivity index (χ0) is 15.9. The molecule has 0 spiro atoms. The van der Waals surface area contributed by atoms with Gasteiger partial charge in [0.25, 0.3) is 0 Å². The number of nitrogens with zero attached hydrogens (tertiary/aromatic N) is 1. The van der Waals surface area contributed by atoms with Crippen LogP contribution in [0.3, 0.4) is 0 Å². The van der Waals surface area contributed by atoms with Gasteiger partial charge < -0.3 is 20.3 Å². The second-order valence-corrected chi connectivity index (χ2v) is 5.85. The molecule has 118 valence electrons. The highest BCUT2D eigenvalue weighted by molar-refractivity contribution is 7.07. The molecule has 2 amide bonds. The van der Waals surface area contributed by atoms with E-state index in [-0.39, 0.29) is 12.1 Å². The lowest BCUT2D eigenvalue weighted by Crippen LogP contribution is -2.36. The molecule has 0 aliphatic carbocycles. The van der Waals surface area contributed by atoms with E-state index in [0.29, 0.717) is 18.0 Å². The minimum Gasteiger partial charge on any atom is -0.495 e. The molecule has 0 aliphatic rings. The Bertz CT molecular complexity index is 599. The Morgan fingerprint density at radius 1 is 1.32 bits per heavy atom. The number of hydrogen-bond acceptors (Lipinski definition) is 4. The molecule has 2 N–H and O–H groups in total. The zero-order valence-electron chi connectivity index (χ0n) is 13.0. The average molecular weight is 319 g/mol. The number of para-hydroxylation sites is 2. The molecule has 22 heavy (non-hydrogen) atoms. The summed E-state index contributed by atoms with van der Waals surface area (Å²) in [6, 6.07) is 9.31. The van der Waals surface area contributed by atoms with Crippen molar-refractivity contribution in [3.05, 3.63) is 46.7 Å². The summed E-state index contributed by atoms with van der Waals surface area (Å²) in [5.74, 6) is 0.639. The van der Waals surface area contributed by atoms with E-state index >= 15 is 0 Å². The number of methoxy groups -OCH3 is 1. The van der Waals surface area contributed by atoms with Gasteiger partial charge in [0.15, 0.2) is 0 Å². The van der Waals surface area contributed by atoms with E-state index in [9.17, 15) is 4.79 Å². The molecule has 2 aromatic rings. The average Bonchev–Trinajstić information content (AvgIpc) is 3.01. The predicted molar refractivity (Wildman–Crippen MR) is 90.8 cm³/mol. The van der Waals surface area contributed by atoms with Gasteiger partial charge in [0.2, 0.25) is 0 Å². The van der Waals surface area contributed by atoms with Gasteiger partial charge in [-0.1, -0.05) is 12.1 Å². The molecule has 1 atom stereocenters. The van der Waals surface area contributed by atoms with Crippen LogP contribution >= 0.6 is 11.3 Å². The molecular formula is C16H21N3O2S. The Morgan fingerprint density at radius 2 is 2.09 bits per heavy atom. The number of benzene rings is 1. The van der Waals surface area contributed by atoms with Gasteiger partial charge in [-0.2, -0.15) is 11.3 Å². The number of ether oxygens (including phenoxy) is 1. The number of thiophene rings is 1. The molecule has 6 heteroatoms. The van der Waals surface area contributed by atoms with Crippen molar-refractivity contribution in [2.75, 3.05) is 33.1 Å². The number of carbonyl (C=O) groups excluding carboxylic acids is 1. The number of anilines is 1. The van der Waals surface area contributed by atoms with Crippen LogP contribution in [0, 0.1) is 0 Å². The van der Waals surface area contributed by atoms with Crippen LogP contribution < -0.4 is 15.4 Å². The minimum atomic E-state index is -0.244. The summed E-state index contributed by atoms with van der Waals surface area (Å²) in [4.78, 5) is 14.2. The first-order valence-corrected chi connectivity index (χ1v) is 7.92. The van der Waals surface area contributed by atoms with E-state index < -0.39 is 0 Å². The summed E-state index contributed by atoms with van der Waals surface area (Å²) in [5, 5.41) is 9.86. The van der Waals surface area contributed by atoms with E-state index in [1.165, 1.54) is 5.56 Å². The molecule has 1 aromatic carbocycles. The van der Waals surface area contributed by atoms with Gasteiger partial charge in [0, 0.05) is 6.54 Å². The Kier molecular flexibility index (Phi) is 5.80. The van der Waals surface area contributed by atoms with Crippen LogP contribution in [0.4, 0.5) is 10.5 Å². The Labute approximate surface area is 134 Å². The van der Waals surface area contributed by atoms with Crippen molar-refractivity contribution in [3.63, 3.8) is 0 Å². The topological polar surface area (TPSA) is 53.6 Å². The molecule has 5 nitrogen and oxygen atoms in total. The molecule has 0 aliphatic heterocycles. The molecular weight excluding hydrogens is 298 g/mol. The lowest BCUT2D eigenvalue weighted by Gasteiger charge is -2.24. The second-order valence-electron chi connectivity index (χ2n) is 5.07. The Hall–Kier alpha value is -2.05. The number of urea groups is 1. The molecule has 0 unspecified atom stereocenters. The van der Waals surface area contributed by atoms with Crippen molar-refractivity contribution in [3.8, 4) is 5.75 Å². The number of likely N-dealkylation sites (N-methyl/N-ethyl adjacent to an activating group) is 1. The van der Waals surface area contributed by atoms with Gasteiger partial charge in [0.05, 0.1) is 18.8 Å². The van der Waals surface area contributed by atoms with Crippen LogP contribution in [0.5, 0.6) is 5.75 Å². The summed E-state index contributed by atoms with van der Waals surface area (Å²) >= 11 is 1.66. The van der Waals surface area contributed by atoms with E-state index in [2.05, 4.69) is 27.0 Å². The molecule has 0 bridgehead atoms. The Balaban J connectivity index is 1.94. The summed E-state index contributed by atoms with van der Waals surface area (Å²) in [5.41, 5.74) is 1.85. The number of rotatable bonds is 6. The summed E-state index contributed by atoms with van der Waals surface area (Å²) in [6.07, 6.45) is 0. The summed E-state index contributed by atoms with van der Waals surface area (Å²) in [7, 11) is 5.58. The van der Waals surface area contributed by atoms with Gasteiger partial charge in [-0.05, 0) is 48.6 Å². The highest BCUT2D eigenvalue weighted by atomic mass is 32.1. The number of nitrogens with one attached hydrogen (secondary N) is 2. The molecule has 1 heterocycles. The first-order valence-electron chi connectivity index (χ1n) is 6.98. The summed E-state index contributed by atoms with van der Waals surface area (Å²) < 4.78 is 5.22. The van der Waals surface area contributed by atoms with E-state index in [4.69, 9.17) is 4.74 Å². The predicted octanol–water partition coefficient (Wildman–Crippen LogP) is 3.18. The maximum absolute atomic E-state index is 12.1. The van der Waals surface area contributed by atoms with Crippen LogP contribution in [0.2, 0.25) is 0 Å². The normalized spacial score (nSPS) is 12.0. The molecule has 0 fully saturated rings. The van der Waals surface area contributed by atoms with Crippen molar-refractivity contribution in [2.24, 2.45) is 0 Å². The van der Waals surface area contributed by atoms with E-state index in [1.807, 2.05) is 37.7 Å². The van der Waals surface area contributed by atoms with Crippen LogP contribution in [0.15, 0.2) is 41.1 Å². The number of amides is 2. The van der Waals surface area contributed by atoms with Crippen molar-refractivity contribution in [1.29, 1.82) is 0 Å². The van der Waals surface area contributed by atoms with E-state index in [0.717, 1.165) is 0 Å². The van der Waals surface area contributed by atoms with Gasteiger partial charge in [0.1, 0.15) is 5.75 Å². The standard InChI is InChI=1S/C16H21N3O2S/c1-19(2)14(12-8-9-22-11-12)10-17-16(20)18-13-6-4-5-7-15(13)21-3/h4-9,11,14H,10H2,1-3H3,(H2,17,18,20)/t14-/m1/s1. The number of carbonyl (C=O) groups is 1. The highest BCUT2D eigenvalue weighted by Crippen LogP contribution is 2.23. The first kappa shape index (κ1) is 16.3. The lowest BCUT2D eigenvalue weighted by molar-refractivity contribution is 0.243. The molecule has 1 aromatic heterocycles. The zero-order valence-corrected chi connectivity index (χ0v) is 13.8. The monoisotopic (exact) mass is 319 g/mol. The molecule has 0 saturated heterocycles. The molecule has 2 rings (SSSR count). The van der Waals surface area contributed by atoms with Gasteiger partial charge in [-0.25, -0.2) is 4.79 Å². The number of hydrogen-bond donors (Lipinski definition) is 2. The van der Waals surface area contributed by atoms with Gasteiger partial charge in [-0.3, -0.25) is 0 Å². The van der Waals surface area contributed by atoms with Crippen LogP contribution in [-0.2, 0) is 0 Å². The lowest BCUT2D eigenvalue weighted by atomic mass is 10.1. The quantitative estimate of drug-likeness (QED) is 0.860. The SMILES string of the molecule is COc1ccccc1NC(=O)NC[C@H](c1ccsc1)N(C)C. The minimum absolute atomic E-state index is 0.148. The van der Waals surface area contributed by atoms with Crippen molar-refractivity contribution >= 4 is 23.1 Å². The highest BCUT2D eigenvalue weighted by Gasteiger charge is 2.16. The van der Waals surface area contributed by atoms with Crippen molar-refractivity contribution in [1.82, 2.24) is 10.2 Å². The fourth-order valence-electron chi connectivity index (χ4n) is 2.17. The van der Waals surface area contributed by atoms with Crippen LogP contribution in [-0.4, -0.2) is 38.7 Å². The molecule has 0 radical (unpaired) electrons. The smallest absolute Gasteiger partial charge is 0.319 e. The maximum atomic E-state index is 12.1. The van der Waals surface area contributed by atoms with Crippen molar-refractivity contribution < 1.29 is 9.53 Å². The fourth-order valence-corrected chi connectivity index (χ4v) is 2.87. The first-order chi connectivity index (χ1) is 10.6.